The number of amides is 1. The van der Waals surface area contributed by atoms with Gasteiger partial charge in [-0.3, -0.25) is 9.48 Å². The third-order valence-electron chi connectivity index (χ3n) is 6.20. The molecule has 1 N–H and O–H groups in total. The van der Waals surface area contributed by atoms with E-state index in [2.05, 4.69) is 16.5 Å². The van der Waals surface area contributed by atoms with Crippen LogP contribution in [0.4, 0.5) is 10.2 Å². The lowest BCUT2D eigenvalue weighted by Crippen LogP contribution is -2.41. The topological polar surface area (TPSA) is 63.1 Å². The fraction of sp³-hybridized carbons (Fsp3) is 0.348. The zero-order chi connectivity index (χ0) is 20.9. The van der Waals surface area contributed by atoms with Crippen LogP contribution in [-0.4, -0.2) is 44.2 Å². The minimum absolute atomic E-state index is 0.0800. The Balaban J connectivity index is 1.31. The number of benzene rings is 1. The van der Waals surface area contributed by atoms with E-state index in [0.29, 0.717) is 13.0 Å². The van der Waals surface area contributed by atoms with Crippen molar-refractivity contribution in [3.8, 4) is 11.1 Å². The summed E-state index contributed by atoms with van der Waals surface area (Å²) < 4.78 is 14.9. The number of nitrogens with zero attached hydrogens (tertiary/aromatic N) is 4. The zero-order valence-electron chi connectivity index (χ0n) is 17.2. The summed E-state index contributed by atoms with van der Waals surface area (Å²) in [6.45, 7) is 3.39. The number of anilines is 1. The number of carbonyl (C=O) groups is 1. The Morgan fingerprint density at radius 1 is 1.30 bits per heavy atom. The number of hydrogen-bond acceptors (Lipinski definition) is 4. The van der Waals surface area contributed by atoms with Crippen LogP contribution in [0.25, 0.3) is 11.1 Å². The van der Waals surface area contributed by atoms with E-state index >= 15 is 0 Å². The molecule has 1 spiro atoms. The Morgan fingerprint density at radius 3 is 2.83 bits per heavy atom. The molecule has 2 aliphatic rings. The molecule has 2 aliphatic heterocycles. The number of pyridine rings is 1. The molecule has 1 amide bonds. The Morgan fingerprint density at radius 2 is 2.10 bits per heavy atom. The second-order valence-electron chi connectivity index (χ2n) is 8.48. The summed E-state index contributed by atoms with van der Waals surface area (Å²) in [7, 11) is 1.91. The molecule has 3 aromatic rings. The van der Waals surface area contributed by atoms with Gasteiger partial charge < -0.3 is 10.2 Å². The standard InChI is InChI=1S/C23H24FN5O/c1-15-20(18-12-25-28(2)13-18)10-17-11-23(27-22(17)26-15)7-8-29(14-23)21(30)9-16-3-5-19(24)6-4-16/h3-6,10,12-13H,7-9,11,14H2,1-2H3,(H,26,27). The lowest BCUT2D eigenvalue weighted by atomic mass is 9.93. The molecule has 1 aromatic carbocycles. The van der Waals surface area contributed by atoms with Crippen molar-refractivity contribution in [3.63, 3.8) is 0 Å². The van der Waals surface area contributed by atoms with E-state index in [1.54, 1.807) is 16.8 Å². The molecule has 5 rings (SSSR count). The number of halogens is 1. The fourth-order valence-corrected chi connectivity index (χ4v) is 4.62. The molecular formula is C23H24FN5O. The van der Waals surface area contributed by atoms with Gasteiger partial charge in [-0.05, 0) is 42.7 Å². The lowest BCUT2D eigenvalue weighted by Gasteiger charge is -2.25. The molecule has 4 heterocycles. The van der Waals surface area contributed by atoms with Gasteiger partial charge in [0.05, 0.1) is 18.2 Å². The normalized spacial score (nSPS) is 19.9. The molecule has 0 saturated carbocycles. The van der Waals surface area contributed by atoms with Crippen molar-refractivity contribution < 1.29 is 9.18 Å². The molecule has 1 saturated heterocycles. The molecule has 2 aromatic heterocycles. The Bertz CT molecular complexity index is 1120. The van der Waals surface area contributed by atoms with Crippen LogP contribution >= 0.6 is 0 Å². The largest absolute Gasteiger partial charge is 0.362 e. The SMILES string of the molecule is Cc1nc2c(cc1-c1cnn(C)c1)CC1(CCN(C(=O)Cc3ccc(F)cc3)C1)N2. The van der Waals surface area contributed by atoms with Crippen LogP contribution in [0.15, 0.2) is 42.7 Å². The summed E-state index contributed by atoms with van der Waals surface area (Å²) in [5, 5.41) is 7.89. The van der Waals surface area contributed by atoms with Gasteiger partial charge in [0.1, 0.15) is 11.6 Å². The van der Waals surface area contributed by atoms with Crippen molar-refractivity contribution in [1.29, 1.82) is 0 Å². The van der Waals surface area contributed by atoms with Crippen LogP contribution < -0.4 is 5.32 Å². The first-order valence-electron chi connectivity index (χ1n) is 10.2. The highest BCUT2D eigenvalue weighted by molar-refractivity contribution is 5.79. The average Bonchev–Trinajstić information content (AvgIpc) is 3.41. The van der Waals surface area contributed by atoms with Gasteiger partial charge in [-0.2, -0.15) is 5.10 Å². The highest BCUT2D eigenvalue weighted by Gasteiger charge is 2.44. The molecule has 154 valence electrons. The van der Waals surface area contributed by atoms with Crippen molar-refractivity contribution in [2.24, 2.45) is 7.05 Å². The summed E-state index contributed by atoms with van der Waals surface area (Å²) in [5.74, 6) is 0.720. The summed E-state index contributed by atoms with van der Waals surface area (Å²) in [6.07, 6.45) is 5.90. The fourth-order valence-electron chi connectivity index (χ4n) is 4.62. The first kappa shape index (κ1) is 18.8. The maximum atomic E-state index is 13.1. The van der Waals surface area contributed by atoms with Crippen molar-refractivity contribution in [3.05, 3.63) is 65.4 Å². The molecule has 1 fully saturated rings. The molecular weight excluding hydrogens is 381 g/mol. The van der Waals surface area contributed by atoms with Crippen LogP contribution in [0.2, 0.25) is 0 Å². The molecule has 1 unspecified atom stereocenters. The average molecular weight is 405 g/mol. The molecule has 0 aliphatic carbocycles. The van der Waals surface area contributed by atoms with Gasteiger partial charge in [-0.15, -0.1) is 0 Å². The van der Waals surface area contributed by atoms with Gasteiger partial charge in [-0.1, -0.05) is 12.1 Å². The molecule has 6 nitrogen and oxygen atoms in total. The van der Waals surface area contributed by atoms with Gasteiger partial charge in [0, 0.05) is 49.6 Å². The van der Waals surface area contributed by atoms with Crippen molar-refractivity contribution in [2.75, 3.05) is 18.4 Å². The number of carbonyl (C=O) groups excluding carboxylic acids is 1. The number of nitrogens with one attached hydrogen (secondary N) is 1. The van der Waals surface area contributed by atoms with E-state index in [0.717, 1.165) is 47.6 Å². The summed E-state index contributed by atoms with van der Waals surface area (Å²) in [4.78, 5) is 19.5. The first-order chi connectivity index (χ1) is 14.4. The van der Waals surface area contributed by atoms with E-state index < -0.39 is 0 Å². The number of fused-ring (bicyclic) bond motifs is 1. The molecule has 0 bridgehead atoms. The van der Waals surface area contributed by atoms with Crippen LogP contribution in [0.5, 0.6) is 0 Å². The minimum atomic E-state index is -0.285. The quantitative estimate of drug-likeness (QED) is 0.727. The highest BCUT2D eigenvalue weighted by Crippen LogP contribution is 2.39. The number of hydrogen-bond donors (Lipinski definition) is 1. The number of likely N-dealkylation sites (tertiary alicyclic amines) is 1. The Labute approximate surface area is 174 Å². The second kappa shape index (κ2) is 6.93. The Kier molecular flexibility index (Phi) is 4.34. The molecule has 1 atom stereocenters. The highest BCUT2D eigenvalue weighted by atomic mass is 19.1. The number of aryl methyl sites for hydroxylation is 2. The van der Waals surface area contributed by atoms with Crippen LogP contribution in [0.3, 0.4) is 0 Å². The maximum Gasteiger partial charge on any atom is 0.227 e. The molecule has 7 heteroatoms. The number of aromatic nitrogens is 3. The zero-order valence-corrected chi connectivity index (χ0v) is 17.2. The number of rotatable bonds is 3. The summed E-state index contributed by atoms with van der Waals surface area (Å²) >= 11 is 0. The monoisotopic (exact) mass is 405 g/mol. The van der Waals surface area contributed by atoms with Crippen molar-refractivity contribution in [1.82, 2.24) is 19.7 Å². The van der Waals surface area contributed by atoms with Crippen molar-refractivity contribution >= 4 is 11.7 Å². The third-order valence-corrected chi connectivity index (χ3v) is 6.20. The maximum absolute atomic E-state index is 13.1. The summed E-state index contributed by atoms with van der Waals surface area (Å²) in [5.41, 5.74) is 4.99. The van der Waals surface area contributed by atoms with Gasteiger partial charge >= 0.3 is 0 Å². The van der Waals surface area contributed by atoms with Gasteiger partial charge in [0.15, 0.2) is 0 Å². The summed E-state index contributed by atoms with van der Waals surface area (Å²) in [6, 6.07) is 8.36. The van der Waals surface area contributed by atoms with Crippen LogP contribution in [-0.2, 0) is 24.7 Å². The third kappa shape index (κ3) is 3.34. The smallest absolute Gasteiger partial charge is 0.227 e. The lowest BCUT2D eigenvalue weighted by molar-refractivity contribution is -0.129. The van der Waals surface area contributed by atoms with E-state index in [1.807, 2.05) is 31.3 Å². The Hall–Kier alpha value is -3.22. The van der Waals surface area contributed by atoms with Gasteiger partial charge in [0.25, 0.3) is 0 Å². The van der Waals surface area contributed by atoms with Gasteiger partial charge in [0.2, 0.25) is 5.91 Å². The predicted octanol–water partition coefficient (Wildman–Crippen LogP) is 3.11. The van der Waals surface area contributed by atoms with Crippen molar-refractivity contribution in [2.45, 2.75) is 31.7 Å². The van der Waals surface area contributed by atoms with E-state index in [1.165, 1.54) is 17.7 Å². The van der Waals surface area contributed by atoms with Crippen LogP contribution in [0, 0.1) is 12.7 Å². The second-order valence-corrected chi connectivity index (χ2v) is 8.48. The van der Waals surface area contributed by atoms with E-state index in [4.69, 9.17) is 4.98 Å². The predicted molar refractivity (Wildman–Crippen MR) is 113 cm³/mol. The first-order valence-corrected chi connectivity index (χ1v) is 10.2. The van der Waals surface area contributed by atoms with E-state index in [-0.39, 0.29) is 17.3 Å². The molecule has 0 radical (unpaired) electrons. The minimum Gasteiger partial charge on any atom is -0.362 e. The molecule has 30 heavy (non-hydrogen) atoms. The van der Waals surface area contributed by atoms with E-state index in [9.17, 15) is 9.18 Å². The van der Waals surface area contributed by atoms with Crippen LogP contribution in [0.1, 0.15) is 23.2 Å². The van der Waals surface area contributed by atoms with Gasteiger partial charge in [-0.25, -0.2) is 9.37 Å².